The summed E-state index contributed by atoms with van der Waals surface area (Å²) >= 11 is 13.4. The Balaban J connectivity index is 2.18. The molecule has 18 heavy (non-hydrogen) atoms. The van der Waals surface area contributed by atoms with E-state index in [0.717, 1.165) is 10.4 Å². The molecule has 0 amide bonds. The van der Waals surface area contributed by atoms with Crippen LogP contribution < -0.4 is 4.74 Å². The molecule has 96 valence electrons. The number of aliphatic hydroxyl groups is 1. The zero-order valence-electron chi connectivity index (χ0n) is 9.69. The summed E-state index contributed by atoms with van der Waals surface area (Å²) in [5.74, 6) is 0.706. The van der Waals surface area contributed by atoms with Crippen LogP contribution in [-0.4, -0.2) is 12.2 Å². The first-order chi connectivity index (χ1) is 8.61. The molecule has 2 aromatic rings. The van der Waals surface area contributed by atoms with Crippen LogP contribution in [0.15, 0.2) is 29.6 Å². The summed E-state index contributed by atoms with van der Waals surface area (Å²) < 4.78 is 5.19. The highest BCUT2D eigenvalue weighted by atomic mass is 35.5. The van der Waals surface area contributed by atoms with Gasteiger partial charge in [0.1, 0.15) is 5.75 Å². The lowest BCUT2D eigenvalue weighted by molar-refractivity contribution is 0.178. The van der Waals surface area contributed by atoms with E-state index < -0.39 is 6.10 Å². The van der Waals surface area contributed by atoms with Gasteiger partial charge in [0.15, 0.2) is 0 Å². The van der Waals surface area contributed by atoms with Gasteiger partial charge in [-0.1, -0.05) is 29.3 Å². The Hall–Kier alpha value is -0.740. The summed E-state index contributed by atoms with van der Waals surface area (Å²) in [5, 5.41) is 13.3. The fourth-order valence-electron chi connectivity index (χ4n) is 1.71. The Morgan fingerprint density at radius 2 is 2.11 bits per heavy atom. The van der Waals surface area contributed by atoms with Gasteiger partial charge in [0.25, 0.3) is 0 Å². The maximum absolute atomic E-state index is 10.2. The number of halogens is 2. The number of thiophene rings is 1. The zero-order chi connectivity index (χ0) is 13.1. The smallest absolute Gasteiger partial charge is 0.135 e. The molecule has 1 atom stereocenters. The van der Waals surface area contributed by atoms with Crippen LogP contribution in [-0.2, 0) is 6.42 Å². The van der Waals surface area contributed by atoms with Crippen molar-refractivity contribution in [3.63, 3.8) is 0 Å². The summed E-state index contributed by atoms with van der Waals surface area (Å²) in [6.07, 6.45) is -0.189. The predicted octanol–water partition coefficient (Wildman–Crippen LogP) is 4.34. The molecule has 1 aromatic heterocycles. The molecule has 1 heterocycles. The molecule has 0 bridgehead atoms. The number of ether oxygens (including phenoxy) is 1. The minimum absolute atomic E-state index is 0.437. The van der Waals surface area contributed by atoms with Gasteiger partial charge in [-0.2, -0.15) is 0 Å². The normalized spacial score (nSPS) is 12.4. The Morgan fingerprint density at radius 1 is 1.33 bits per heavy atom. The number of methoxy groups -OCH3 is 1. The predicted molar refractivity (Wildman–Crippen MR) is 76.0 cm³/mol. The highest BCUT2D eigenvalue weighted by molar-refractivity contribution is 7.10. The summed E-state index contributed by atoms with van der Waals surface area (Å²) in [6.45, 7) is 0. The SMILES string of the molecule is COc1ccsc1C(O)Cc1ccc(Cl)cc1Cl. The van der Waals surface area contributed by atoms with Gasteiger partial charge in [0.05, 0.1) is 18.1 Å². The first kappa shape index (κ1) is 13.7. The van der Waals surface area contributed by atoms with Gasteiger partial charge in [-0.25, -0.2) is 0 Å². The number of rotatable bonds is 4. The number of hydrogen-bond acceptors (Lipinski definition) is 3. The fourth-order valence-corrected chi connectivity index (χ4v) is 3.04. The topological polar surface area (TPSA) is 29.5 Å². The number of benzene rings is 1. The average Bonchev–Trinajstić information content (AvgIpc) is 2.81. The van der Waals surface area contributed by atoms with Gasteiger partial charge in [-0.3, -0.25) is 0 Å². The third-order valence-electron chi connectivity index (χ3n) is 2.61. The third-order valence-corrected chi connectivity index (χ3v) is 4.19. The molecular formula is C13H12Cl2O2S. The van der Waals surface area contributed by atoms with Gasteiger partial charge < -0.3 is 9.84 Å². The quantitative estimate of drug-likeness (QED) is 0.910. The maximum Gasteiger partial charge on any atom is 0.135 e. The molecule has 5 heteroatoms. The van der Waals surface area contributed by atoms with E-state index in [1.54, 1.807) is 19.2 Å². The molecule has 0 fully saturated rings. The summed E-state index contributed by atoms with van der Waals surface area (Å²) in [7, 11) is 1.59. The van der Waals surface area contributed by atoms with Crippen molar-refractivity contribution >= 4 is 34.5 Å². The van der Waals surface area contributed by atoms with Crippen molar-refractivity contribution in [1.29, 1.82) is 0 Å². The van der Waals surface area contributed by atoms with Crippen LogP contribution in [0.4, 0.5) is 0 Å². The lowest BCUT2D eigenvalue weighted by Gasteiger charge is -2.12. The van der Waals surface area contributed by atoms with Crippen molar-refractivity contribution in [2.24, 2.45) is 0 Å². The Kier molecular flexibility index (Phi) is 4.51. The standard InChI is InChI=1S/C13H12Cl2O2S/c1-17-12-4-5-18-13(12)11(16)6-8-2-3-9(14)7-10(8)15/h2-5,7,11,16H,6H2,1H3. The van der Waals surface area contributed by atoms with Crippen LogP contribution in [0.5, 0.6) is 5.75 Å². The van der Waals surface area contributed by atoms with Crippen LogP contribution in [0.25, 0.3) is 0 Å². The minimum Gasteiger partial charge on any atom is -0.495 e. The lowest BCUT2D eigenvalue weighted by Crippen LogP contribution is -2.02. The Bertz CT molecular complexity index is 540. The molecule has 2 nitrogen and oxygen atoms in total. The molecule has 2 rings (SSSR count). The molecular weight excluding hydrogens is 291 g/mol. The summed E-state index contributed by atoms with van der Waals surface area (Å²) in [6, 6.07) is 7.11. The van der Waals surface area contributed by atoms with E-state index in [1.807, 2.05) is 17.5 Å². The van der Waals surface area contributed by atoms with Crippen LogP contribution in [0.2, 0.25) is 10.0 Å². The molecule has 1 N–H and O–H groups in total. The van der Waals surface area contributed by atoms with Gasteiger partial charge >= 0.3 is 0 Å². The molecule has 0 aliphatic rings. The molecule has 0 radical (unpaired) electrons. The highest BCUT2D eigenvalue weighted by Gasteiger charge is 2.16. The minimum atomic E-state index is -0.626. The van der Waals surface area contributed by atoms with Crippen LogP contribution in [0, 0.1) is 0 Å². The van der Waals surface area contributed by atoms with Crippen molar-refractivity contribution < 1.29 is 9.84 Å². The molecule has 0 saturated carbocycles. The fraction of sp³-hybridized carbons (Fsp3) is 0.231. The zero-order valence-corrected chi connectivity index (χ0v) is 12.0. The second-order valence-corrected chi connectivity index (χ2v) is 5.60. The molecule has 0 saturated heterocycles. The van der Waals surface area contributed by atoms with E-state index in [9.17, 15) is 5.11 Å². The van der Waals surface area contributed by atoms with E-state index in [0.29, 0.717) is 22.2 Å². The van der Waals surface area contributed by atoms with Gasteiger partial charge in [0.2, 0.25) is 0 Å². The largest absolute Gasteiger partial charge is 0.495 e. The maximum atomic E-state index is 10.2. The number of aliphatic hydroxyl groups excluding tert-OH is 1. The van der Waals surface area contributed by atoms with E-state index in [4.69, 9.17) is 27.9 Å². The Morgan fingerprint density at radius 3 is 2.78 bits per heavy atom. The van der Waals surface area contributed by atoms with Crippen molar-refractivity contribution in [3.05, 3.63) is 50.1 Å². The van der Waals surface area contributed by atoms with E-state index >= 15 is 0 Å². The lowest BCUT2D eigenvalue weighted by atomic mass is 10.1. The van der Waals surface area contributed by atoms with Gasteiger partial charge in [0, 0.05) is 16.5 Å². The van der Waals surface area contributed by atoms with Crippen LogP contribution >= 0.6 is 34.5 Å². The first-order valence-corrected chi connectivity index (χ1v) is 6.98. The molecule has 1 unspecified atom stereocenters. The first-order valence-electron chi connectivity index (χ1n) is 5.35. The molecule has 0 aliphatic carbocycles. The van der Waals surface area contributed by atoms with Crippen LogP contribution in [0.3, 0.4) is 0 Å². The summed E-state index contributed by atoms with van der Waals surface area (Å²) in [5.41, 5.74) is 0.865. The molecule has 1 aromatic carbocycles. The average molecular weight is 303 g/mol. The van der Waals surface area contributed by atoms with E-state index in [2.05, 4.69) is 0 Å². The number of hydrogen-bond donors (Lipinski definition) is 1. The summed E-state index contributed by atoms with van der Waals surface area (Å²) in [4.78, 5) is 0.809. The van der Waals surface area contributed by atoms with Crippen molar-refractivity contribution in [2.45, 2.75) is 12.5 Å². The van der Waals surface area contributed by atoms with E-state index in [-0.39, 0.29) is 0 Å². The van der Waals surface area contributed by atoms with Gasteiger partial charge in [-0.05, 0) is 29.1 Å². The van der Waals surface area contributed by atoms with Crippen molar-refractivity contribution in [3.8, 4) is 5.75 Å². The van der Waals surface area contributed by atoms with Crippen LogP contribution in [0.1, 0.15) is 16.5 Å². The van der Waals surface area contributed by atoms with Crippen molar-refractivity contribution in [1.82, 2.24) is 0 Å². The van der Waals surface area contributed by atoms with Gasteiger partial charge in [-0.15, -0.1) is 11.3 Å². The highest BCUT2D eigenvalue weighted by Crippen LogP contribution is 2.34. The van der Waals surface area contributed by atoms with Crippen molar-refractivity contribution in [2.75, 3.05) is 7.11 Å². The Labute approximate surface area is 120 Å². The second-order valence-electron chi connectivity index (χ2n) is 3.81. The molecule has 0 aliphatic heterocycles. The second kappa shape index (κ2) is 5.93. The molecule has 0 spiro atoms. The third kappa shape index (κ3) is 2.98. The van der Waals surface area contributed by atoms with E-state index in [1.165, 1.54) is 11.3 Å². The monoisotopic (exact) mass is 302 g/mol.